The lowest BCUT2D eigenvalue weighted by atomic mass is 9.67. The number of nitriles is 1. The molecule has 0 spiro atoms. The molecule has 1 atom stereocenters. The van der Waals surface area contributed by atoms with E-state index in [4.69, 9.17) is 29.4 Å². The average molecular weight is 677 g/mol. The summed E-state index contributed by atoms with van der Waals surface area (Å²) in [7, 11) is 1.62. The van der Waals surface area contributed by atoms with Gasteiger partial charge in [-0.2, -0.15) is 5.26 Å². The molecule has 0 radical (unpaired) electrons. The van der Waals surface area contributed by atoms with E-state index in [2.05, 4.69) is 6.07 Å². The second-order valence-electron chi connectivity index (χ2n) is 13.6. The van der Waals surface area contributed by atoms with Gasteiger partial charge in [-0.05, 0) is 99.6 Å². The van der Waals surface area contributed by atoms with E-state index in [1.807, 2.05) is 90.1 Å². The Kier molecular flexibility index (Phi) is 17.7. The molecule has 8 nitrogen and oxygen atoms in total. The second kappa shape index (κ2) is 21.1. The van der Waals surface area contributed by atoms with E-state index in [1.165, 1.54) is 25.7 Å². The molecule has 0 aliphatic rings. The average Bonchev–Trinajstić information content (AvgIpc) is 3.06. The van der Waals surface area contributed by atoms with Gasteiger partial charge in [0.05, 0.1) is 50.6 Å². The van der Waals surface area contributed by atoms with E-state index in [0.29, 0.717) is 60.7 Å². The number of esters is 1. The van der Waals surface area contributed by atoms with Crippen LogP contribution < -0.4 is 24.7 Å². The first kappa shape index (κ1) is 41.1. The zero-order chi connectivity index (χ0) is 36.3. The van der Waals surface area contributed by atoms with Crippen molar-refractivity contribution in [2.45, 2.75) is 106 Å². The van der Waals surface area contributed by atoms with Crippen molar-refractivity contribution in [3.63, 3.8) is 0 Å². The molecule has 8 heteroatoms. The van der Waals surface area contributed by atoms with Crippen LogP contribution in [0.4, 0.5) is 0 Å². The monoisotopic (exact) mass is 676 g/mol. The van der Waals surface area contributed by atoms with Gasteiger partial charge in [0, 0.05) is 5.70 Å². The maximum Gasteiger partial charge on any atom is 0.316 e. The lowest BCUT2D eigenvalue weighted by molar-refractivity contribution is -0.157. The number of methoxy groups -OCH3 is 1. The summed E-state index contributed by atoms with van der Waals surface area (Å²) in [6.07, 6.45) is 13.6. The summed E-state index contributed by atoms with van der Waals surface area (Å²) in [5, 5.41) is 9.91. The number of hydrogen-bond acceptors (Lipinski definition) is 8. The van der Waals surface area contributed by atoms with Gasteiger partial charge in [0.2, 0.25) is 0 Å². The number of unbranched alkanes of at least 4 members (excludes halogenated alkanes) is 8. The van der Waals surface area contributed by atoms with E-state index in [9.17, 15) is 10.1 Å². The predicted octanol–water partition coefficient (Wildman–Crippen LogP) is 9.90. The first-order chi connectivity index (χ1) is 23.4. The molecule has 0 saturated carbocycles. The fourth-order valence-corrected chi connectivity index (χ4v) is 5.43. The predicted molar refractivity (Wildman–Crippen MR) is 199 cm³/mol. The van der Waals surface area contributed by atoms with E-state index in [1.54, 1.807) is 14.0 Å². The molecule has 2 aromatic rings. The van der Waals surface area contributed by atoms with E-state index >= 15 is 0 Å². The Hall–Kier alpha value is -4.12. The van der Waals surface area contributed by atoms with Gasteiger partial charge in [-0.3, -0.25) is 4.79 Å². The van der Waals surface area contributed by atoms with Gasteiger partial charge < -0.3 is 29.4 Å². The third-order valence-electron chi connectivity index (χ3n) is 8.75. The molecule has 270 valence electrons. The van der Waals surface area contributed by atoms with Gasteiger partial charge in [0.25, 0.3) is 0 Å². The molecule has 0 heterocycles. The molecular formula is C41H60N2O6. The van der Waals surface area contributed by atoms with Crippen LogP contribution in [0, 0.1) is 22.2 Å². The van der Waals surface area contributed by atoms with Crippen LogP contribution in [0.5, 0.6) is 23.0 Å². The fourth-order valence-electron chi connectivity index (χ4n) is 5.43. The highest BCUT2D eigenvalue weighted by Crippen LogP contribution is 2.41. The highest BCUT2D eigenvalue weighted by Gasteiger charge is 2.44. The number of nitrogens with two attached hydrogens (primary N) is 1. The smallest absolute Gasteiger partial charge is 0.316 e. The van der Waals surface area contributed by atoms with Crippen molar-refractivity contribution in [1.29, 1.82) is 5.26 Å². The maximum atomic E-state index is 12.8. The highest BCUT2D eigenvalue weighted by molar-refractivity contribution is 5.90. The highest BCUT2D eigenvalue weighted by atomic mass is 16.5. The second-order valence-corrected chi connectivity index (χ2v) is 13.6. The summed E-state index contributed by atoms with van der Waals surface area (Å²) < 4.78 is 28.7. The Morgan fingerprint density at radius 2 is 1.33 bits per heavy atom. The van der Waals surface area contributed by atoms with Gasteiger partial charge in [-0.15, -0.1) is 0 Å². The molecule has 2 N–H and O–H groups in total. The molecular weight excluding hydrogens is 616 g/mol. The molecule has 0 aromatic heterocycles. The Morgan fingerprint density at radius 3 is 1.88 bits per heavy atom. The number of nitrogens with zero attached hydrogens (tertiary/aromatic N) is 1. The molecule has 0 aliphatic carbocycles. The minimum absolute atomic E-state index is 0.205. The zero-order valence-electron chi connectivity index (χ0n) is 31.3. The van der Waals surface area contributed by atoms with Crippen LogP contribution >= 0.6 is 0 Å². The minimum atomic E-state index is -0.748. The summed E-state index contributed by atoms with van der Waals surface area (Å²) in [6.45, 7) is 15.8. The van der Waals surface area contributed by atoms with Crippen LogP contribution in [0.2, 0.25) is 0 Å². The Morgan fingerprint density at radius 1 is 0.776 bits per heavy atom. The quantitative estimate of drug-likeness (QED) is 0.0568. The number of hydrogen-bond donors (Lipinski definition) is 1. The summed E-state index contributed by atoms with van der Waals surface area (Å²) in [6, 6.07) is 13.6. The number of allylic oxidation sites excluding steroid dienone is 2. The van der Waals surface area contributed by atoms with Crippen LogP contribution in [0.25, 0.3) is 11.6 Å². The molecule has 2 aromatic carbocycles. The molecule has 0 aliphatic heterocycles. The number of ether oxygens (including phenoxy) is 5. The van der Waals surface area contributed by atoms with Gasteiger partial charge >= 0.3 is 5.97 Å². The summed E-state index contributed by atoms with van der Waals surface area (Å²) in [5.41, 5.74) is 7.60. The Labute approximate surface area is 295 Å². The Balaban J connectivity index is 1.71. The van der Waals surface area contributed by atoms with Crippen molar-refractivity contribution in [2.24, 2.45) is 16.6 Å². The first-order valence-corrected chi connectivity index (χ1v) is 17.8. The van der Waals surface area contributed by atoms with Crippen molar-refractivity contribution >= 4 is 17.6 Å². The van der Waals surface area contributed by atoms with Crippen molar-refractivity contribution in [2.75, 3.05) is 33.5 Å². The normalized spacial score (nSPS) is 13.3. The maximum absolute atomic E-state index is 12.8. The molecule has 2 rings (SSSR count). The van der Waals surface area contributed by atoms with Crippen molar-refractivity contribution < 1.29 is 28.5 Å². The Bertz CT molecular complexity index is 1410. The van der Waals surface area contributed by atoms with Gasteiger partial charge in [-0.25, -0.2) is 0 Å². The van der Waals surface area contributed by atoms with E-state index < -0.39 is 5.41 Å². The topological polar surface area (TPSA) is 113 Å². The molecule has 0 bridgehead atoms. The first-order valence-electron chi connectivity index (χ1n) is 17.8. The number of rotatable bonds is 22. The number of benzene rings is 2. The van der Waals surface area contributed by atoms with Gasteiger partial charge in [-0.1, -0.05) is 71.8 Å². The van der Waals surface area contributed by atoms with Crippen molar-refractivity contribution in [1.82, 2.24) is 0 Å². The van der Waals surface area contributed by atoms with Crippen LogP contribution in [0.15, 0.2) is 48.2 Å². The van der Waals surface area contributed by atoms with Gasteiger partial charge in [0.15, 0.2) is 23.0 Å². The van der Waals surface area contributed by atoms with Crippen LogP contribution in [-0.4, -0.2) is 39.5 Å². The molecule has 0 fully saturated rings. The molecule has 0 amide bonds. The summed E-state index contributed by atoms with van der Waals surface area (Å²) >= 11 is 0. The lowest BCUT2D eigenvalue weighted by Gasteiger charge is -2.37. The third kappa shape index (κ3) is 13.4. The van der Waals surface area contributed by atoms with E-state index in [-0.39, 0.29) is 11.4 Å². The van der Waals surface area contributed by atoms with Crippen molar-refractivity contribution in [3.05, 3.63) is 59.3 Å². The van der Waals surface area contributed by atoms with Crippen LogP contribution in [0.3, 0.4) is 0 Å². The van der Waals surface area contributed by atoms with Crippen LogP contribution in [0.1, 0.15) is 117 Å². The van der Waals surface area contributed by atoms with Gasteiger partial charge in [0.1, 0.15) is 0 Å². The number of carbonyl (C=O) groups excluding carboxylic acids is 1. The zero-order valence-corrected chi connectivity index (χ0v) is 31.3. The largest absolute Gasteiger partial charge is 0.493 e. The lowest BCUT2D eigenvalue weighted by Crippen LogP contribution is -2.40. The fraction of sp³-hybridized carbons (Fsp3) is 0.561. The standard InChI is InChI=1S/C41H60N2O6/c1-9-46-36-23-21-33(28-38(36)47-10-2)34(30-42)26-32-20-22-35(37(27-32)45-8)48-24-18-16-14-12-11-13-15-17-19-25-49-39(44)41(7,29-31(3)43)40(4,5)6/h20-23,26-29H,9-19,24-25,43H2,1-8H3/b31-29-,34-26+. The van der Waals surface area contributed by atoms with E-state index in [0.717, 1.165) is 43.2 Å². The van der Waals surface area contributed by atoms with Crippen LogP contribution in [-0.2, 0) is 9.53 Å². The third-order valence-corrected chi connectivity index (χ3v) is 8.75. The minimum Gasteiger partial charge on any atom is -0.493 e. The SMILES string of the molecule is CCOc1ccc(/C(C#N)=C/c2ccc(OCCCCCCCCCCCOC(=O)C(C)(/C=C(/C)N)C(C)(C)C)c(OC)c2)cc1OCC. The molecule has 49 heavy (non-hydrogen) atoms. The van der Waals surface area contributed by atoms with Crippen molar-refractivity contribution in [3.8, 4) is 29.1 Å². The molecule has 0 saturated heterocycles. The summed E-state index contributed by atoms with van der Waals surface area (Å²) in [4.78, 5) is 12.8. The summed E-state index contributed by atoms with van der Waals surface area (Å²) in [5.74, 6) is 2.40. The molecule has 1 unspecified atom stereocenters. The number of carbonyl (C=O) groups is 1.